The largest absolute Gasteiger partial charge is 0.247 e. The zero-order valence-corrected chi connectivity index (χ0v) is 36.2. The first-order chi connectivity index (χ1) is 32.2. The van der Waals surface area contributed by atoms with Crippen LogP contribution in [0.5, 0.6) is 0 Å². The zero-order chi connectivity index (χ0) is 42.8. The van der Waals surface area contributed by atoms with E-state index in [1.54, 1.807) is 0 Å². The SMILES string of the molecule is c1ccc(-c2nc3cc(-c4ccc5c(-c6ccc7ccccc7c6)c6ccccc6c(-c6ccc7ccccc7c6)c5c4)ccc3c3c(-c4ccccc4)sc(-c4ccccc4)c23)cc1. The zero-order valence-electron chi connectivity index (χ0n) is 35.4. The maximum Gasteiger partial charge on any atom is 0.0803 e. The summed E-state index contributed by atoms with van der Waals surface area (Å²) in [5.41, 5.74) is 12.7. The molecule has 0 atom stereocenters. The number of aromatic nitrogens is 1. The van der Waals surface area contributed by atoms with Crippen LogP contribution in [0.25, 0.3) is 130 Å². The Morgan fingerprint density at radius 1 is 0.262 bits per heavy atom. The van der Waals surface area contributed by atoms with E-state index in [4.69, 9.17) is 4.98 Å². The van der Waals surface area contributed by atoms with Crippen molar-refractivity contribution in [1.29, 1.82) is 0 Å². The lowest BCUT2D eigenvalue weighted by molar-refractivity contribution is 1.43. The van der Waals surface area contributed by atoms with E-state index in [-0.39, 0.29) is 0 Å². The van der Waals surface area contributed by atoms with Crippen LogP contribution in [0, 0.1) is 0 Å². The summed E-state index contributed by atoms with van der Waals surface area (Å²) in [5, 5.41) is 13.5. The second kappa shape index (κ2) is 15.3. The van der Waals surface area contributed by atoms with Crippen LogP contribution in [-0.2, 0) is 0 Å². The monoisotopic (exact) mass is 841 g/mol. The molecule has 0 saturated carbocycles. The molecular formula is C63H39NS. The lowest BCUT2D eigenvalue weighted by Gasteiger charge is -2.19. The lowest BCUT2D eigenvalue weighted by atomic mass is 9.84. The van der Waals surface area contributed by atoms with Gasteiger partial charge in [0, 0.05) is 31.5 Å². The van der Waals surface area contributed by atoms with E-state index in [9.17, 15) is 0 Å². The molecule has 2 heteroatoms. The van der Waals surface area contributed by atoms with E-state index in [2.05, 4.69) is 237 Å². The van der Waals surface area contributed by atoms with Gasteiger partial charge in [0.1, 0.15) is 0 Å². The van der Waals surface area contributed by atoms with E-state index in [1.165, 1.54) is 97.0 Å². The predicted molar refractivity (Wildman–Crippen MR) is 280 cm³/mol. The van der Waals surface area contributed by atoms with E-state index >= 15 is 0 Å². The number of fused-ring (bicyclic) bond motifs is 7. The minimum atomic E-state index is 0.980. The Bertz CT molecular complexity index is 3980. The van der Waals surface area contributed by atoms with Crippen LogP contribution in [0.15, 0.2) is 237 Å². The van der Waals surface area contributed by atoms with Crippen molar-refractivity contribution in [2.75, 3.05) is 0 Å². The summed E-state index contributed by atoms with van der Waals surface area (Å²) in [5.74, 6) is 0. The molecule has 11 aromatic carbocycles. The third kappa shape index (κ3) is 6.25. The number of hydrogen-bond acceptors (Lipinski definition) is 2. The van der Waals surface area contributed by atoms with E-state index in [0.29, 0.717) is 0 Å². The second-order valence-electron chi connectivity index (χ2n) is 17.0. The fourth-order valence-electron chi connectivity index (χ4n) is 10.2. The van der Waals surface area contributed by atoms with Crippen molar-refractivity contribution in [3.8, 4) is 65.5 Å². The summed E-state index contributed by atoms with van der Waals surface area (Å²) in [6, 6.07) is 86.6. The van der Waals surface area contributed by atoms with Crippen LogP contribution in [0.1, 0.15) is 0 Å². The fourth-order valence-corrected chi connectivity index (χ4v) is 11.5. The maximum absolute atomic E-state index is 5.64. The molecule has 0 aliphatic rings. The van der Waals surface area contributed by atoms with Gasteiger partial charge in [-0.3, -0.25) is 0 Å². The number of hydrogen-bond donors (Lipinski definition) is 0. The van der Waals surface area contributed by atoms with Gasteiger partial charge in [0.15, 0.2) is 0 Å². The average Bonchev–Trinajstić information content (AvgIpc) is 3.79. The molecule has 13 rings (SSSR count). The van der Waals surface area contributed by atoms with Crippen LogP contribution in [0.4, 0.5) is 0 Å². The molecule has 302 valence electrons. The molecule has 0 unspecified atom stereocenters. The Labute approximate surface area is 381 Å². The Kier molecular flexibility index (Phi) is 8.79. The van der Waals surface area contributed by atoms with Gasteiger partial charge >= 0.3 is 0 Å². The van der Waals surface area contributed by atoms with Crippen molar-refractivity contribution in [2.45, 2.75) is 0 Å². The highest BCUT2D eigenvalue weighted by Gasteiger charge is 2.23. The number of rotatable bonds is 6. The Morgan fingerprint density at radius 2 is 0.692 bits per heavy atom. The maximum atomic E-state index is 5.64. The molecule has 0 saturated heterocycles. The molecule has 0 bridgehead atoms. The summed E-state index contributed by atoms with van der Waals surface area (Å²) in [4.78, 5) is 8.13. The molecule has 0 N–H and O–H groups in total. The van der Waals surface area contributed by atoms with Crippen molar-refractivity contribution in [3.63, 3.8) is 0 Å². The topological polar surface area (TPSA) is 12.9 Å². The summed E-state index contributed by atoms with van der Waals surface area (Å²) in [6.07, 6.45) is 0. The van der Waals surface area contributed by atoms with Gasteiger partial charge < -0.3 is 0 Å². The second-order valence-corrected chi connectivity index (χ2v) is 18.0. The predicted octanol–water partition coefficient (Wildman–Crippen LogP) is 18.1. The van der Waals surface area contributed by atoms with Gasteiger partial charge in [-0.15, -0.1) is 11.3 Å². The van der Waals surface area contributed by atoms with Gasteiger partial charge in [0.25, 0.3) is 0 Å². The van der Waals surface area contributed by atoms with Crippen molar-refractivity contribution >= 4 is 76.1 Å². The van der Waals surface area contributed by atoms with E-state index in [0.717, 1.165) is 33.3 Å². The molecule has 0 fully saturated rings. The molecular weight excluding hydrogens is 803 g/mol. The third-order valence-corrected chi connectivity index (χ3v) is 14.5. The fraction of sp³-hybridized carbons (Fsp3) is 0. The van der Waals surface area contributed by atoms with Gasteiger partial charge in [0.05, 0.1) is 11.2 Å². The molecule has 2 heterocycles. The van der Waals surface area contributed by atoms with Crippen molar-refractivity contribution in [2.24, 2.45) is 0 Å². The molecule has 0 spiro atoms. The van der Waals surface area contributed by atoms with E-state index < -0.39 is 0 Å². The van der Waals surface area contributed by atoms with E-state index in [1.807, 2.05) is 11.3 Å². The van der Waals surface area contributed by atoms with Crippen molar-refractivity contribution in [3.05, 3.63) is 237 Å². The van der Waals surface area contributed by atoms with Gasteiger partial charge in [-0.2, -0.15) is 0 Å². The lowest BCUT2D eigenvalue weighted by Crippen LogP contribution is -1.93. The number of benzene rings is 11. The Hall–Kier alpha value is -8.17. The summed E-state index contributed by atoms with van der Waals surface area (Å²) >= 11 is 1.87. The highest BCUT2D eigenvalue weighted by atomic mass is 32.1. The van der Waals surface area contributed by atoms with Crippen molar-refractivity contribution in [1.82, 2.24) is 4.98 Å². The Balaban J connectivity index is 1.09. The highest BCUT2D eigenvalue weighted by Crippen LogP contribution is 2.51. The van der Waals surface area contributed by atoms with Crippen LogP contribution in [0.3, 0.4) is 0 Å². The molecule has 0 aliphatic carbocycles. The molecule has 0 radical (unpaired) electrons. The number of pyridine rings is 1. The van der Waals surface area contributed by atoms with Gasteiger partial charge in [-0.25, -0.2) is 4.98 Å². The number of nitrogens with zero attached hydrogens (tertiary/aromatic N) is 1. The quantitative estimate of drug-likeness (QED) is 0.152. The van der Waals surface area contributed by atoms with Crippen LogP contribution in [-0.4, -0.2) is 4.98 Å². The molecule has 1 nitrogen and oxygen atoms in total. The molecule has 65 heavy (non-hydrogen) atoms. The third-order valence-electron chi connectivity index (χ3n) is 13.2. The van der Waals surface area contributed by atoms with Crippen LogP contribution >= 0.6 is 11.3 Å². The average molecular weight is 842 g/mol. The van der Waals surface area contributed by atoms with Crippen LogP contribution < -0.4 is 0 Å². The first-order valence-electron chi connectivity index (χ1n) is 22.3. The van der Waals surface area contributed by atoms with Gasteiger partial charge in [-0.1, -0.05) is 212 Å². The molecule has 2 aromatic heterocycles. The van der Waals surface area contributed by atoms with Gasteiger partial charge in [-0.05, 0) is 112 Å². The molecule has 13 aromatic rings. The molecule has 0 aliphatic heterocycles. The van der Waals surface area contributed by atoms with Gasteiger partial charge in [0.2, 0.25) is 0 Å². The minimum absolute atomic E-state index is 0.980. The Morgan fingerprint density at radius 3 is 1.28 bits per heavy atom. The summed E-state index contributed by atoms with van der Waals surface area (Å²) in [6.45, 7) is 0. The molecule has 0 amide bonds. The van der Waals surface area contributed by atoms with Crippen molar-refractivity contribution < 1.29 is 0 Å². The summed E-state index contributed by atoms with van der Waals surface area (Å²) < 4.78 is 0. The standard InChI is InChI=1S/C63H39NS/c1-4-18-42(19-5-1)61-60-59(62(43-20-6-2-7-21-43)65-63(60)44-22-8-3-9-23-44)54-35-33-48(39-56(54)64-61)47-32-34-53-55(38-47)58(50-31-29-41-17-11-13-25-46(41)37-50)52-27-15-14-26-51(52)57(53)49-30-28-40-16-10-12-24-45(40)36-49/h1-39H. The minimum Gasteiger partial charge on any atom is -0.247 e. The smallest absolute Gasteiger partial charge is 0.0803 e. The normalized spacial score (nSPS) is 11.7. The first kappa shape index (κ1) is 37.4. The number of thiophene rings is 1. The first-order valence-corrected chi connectivity index (χ1v) is 23.1. The van der Waals surface area contributed by atoms with Crippen LogP contribution in [0.2, 0.25) is 0 Å². The highest BCUT2D eigenvalue weighted by molar-refractivity contribution is 7.21. The summed E-state index contributed by atoms with van der Waals surface area (Å²) in [7, 11) is 0.